The molecule has 0 fully saturated rings. The van der Waals surface area contributed by atoms with Gasteiger partial charge in [0.05, 0.1) is 33.8 Å². The highest BCUT2D eigenvalue weighted by Crippen LogP contribution is 2.37. The summed E-state index contributed by atoms with van der Waals surface area (Å²) in [4.78, 5) is 19.5. The molecule has 1 aliphatic heterocycles. The van der Waals surface area contributed by atoms with E-state index in [9.17, 15) is 0 Å². The largest absolute Gasteiger partial charge is 0.255 e. The molecule has 0 unspecified atom stereocenters. The predicted octanol–water partition coefficient (Wildman–Crippen LogP) is 9.60. The van der Waals surface area contributed by atoms with E-state index in [0.29, 0.717) is 0 Å². The van der Waals surface area contributed by atoms with Crippen LogP contribution < -0.4 is 20.7 Å². The molecule has 0 radical (unpaired) electrons. The molecule has 5 heteroatoms. The van der Waals surface area contributed by atoms with Crippen molar-refractivity contribution >= 4 is 50.6 Å². The molecule has 0 bridgehead atoms. The van der Waals surface area contributed by atoms with Gasteiger partial charge in [0.2, 0.25) is 0 Å². The summed E-state index contributed by atoms with van der Waals surface area (Å²) in [6.07, 6.45) is 3.61. The van der Waals surface area contributed by atoms with Crippen LogP contribution in [-0.4, -0.2) is 28.0 Å². The molecule has 1 aliphatic rings. The van der Waals surface area contributed by atoms with Crippen LogP contribution in [0.1, 0.15) is 0 Å². The van der Waals surface area contributed by atoms with E-state index in [4.69, 9.17) is 9.97 Å². The molecule has 11 rings (SSSR count). The number of hydrogen-bond donors (Lipinski definition) is 0. The number of nitrogens with zero attached hydrogens (tertiary/aromatic N) is 4. The van der Waals surface area contributed by atoms with Gasteiger partial charge in [-0.25, -0.2) is 9.97 Å². The maximum Gasteiger partial charge on any atom is 0.180 e. The van der Waals surface area contributed by atoms with Gasteiger partial charge < -0.3 is 0 Å². The zero-order chi connectivity index (χ0) is 37.8. The second-order valence-electron chi connectivity index (χ2n) is 14.6. The molecule has 0 amide bonds. The van der Waals surface area contributed by atoms with Crippen molar-refractivity contribution in [3.05, 3.63) is 207 Å². The standard InChI is InChI=1S/C52H34N4Si/c1-3-13-39(14-4-1)57(40-15-5-2-6-16-40)49-20-8-7-17-41(49)44-33-37(26-30-50(44)57)35-21-23-36(24-22-35)43-34-38-25-28-47(45-18-9-11-31-53-45)55-51(38)52-42(43)27-29-48(56-52)46-19-10-12-32-54-46/h1-34H. The third kappa shape index (κ3) is 5.35. The van der Waals surface area contributed by atoms with Crippen LogP contribution in [0.2, 0.25) is 0 Å². The van der Waals surface area contributed by atoms with E-state index >= 15 is 0 Å². The van der Waals surface area contributed by atoms with Gasteiger partial charge in [-0.05, 0) is 109 Å². The van der Waals surface area contributed by atoms with Gasteiger partial charge in [-0.2, -0.15) is 0 Å². The van der Waals surface area contributed by atoms with Gasteiger partial charge in [0, 0.05) is 23.2 Å². The van der Waals surface area contributed by atoms with Crippen molar-refractivity contribution in [1.29, 1.82) is 0 Å². The molecule has 57 heavy (non-hydrogen) atoms. The maximum atomic E-state index is 5.22. The minimum Gasteiger partial charge on any atom is -0.255 e. The Morgan fingerprint density at radius 2 is 0.895 bits per heavy atom. The number of pyridine rings is 4. The Balaban J connectivity index is 1.04. The summed E-state index contributed by atoms with van der Waals surface area (Å²) in [5.41, 5.74) is 12.3. The predicted molar refractivity (Wildman–Crippen MR) is 237 cm³/mol. The number of rotatable bonds is 6. The van der Waals surface area contributed by atoms with Gasteiger partial charge in [0.1, 0.15) is 0 Å². The summed E-state index contributed by atoms with van der Waals surface area (Å²) < 4.78 is 0. The van der Waals surface area contributed by atoms with Crippen molar-refractivity contribution in [3.8, 4) is 56.2 Å². The van der Waals surface area contributed by atoms with Crippen LogP contribution in [-0.2, 0) is 0 Å². The monoisotopic (exact) mass is 742 g/mol. The molecule has 10 aromatic rings. The highest BCUT2D eigenvalue weighted by Gasteiger charge is 2.48. The molecule has 0 atom stereocenters. The fourth-order valence-electron chi connectivity index (χ4n) is 8.89. The van der Waals surface area contributed by atoms with E-state index in [2.05, 4.69) is 162 Å². The average Bonchev–Trinajstić information content (AvgIpc) is 3.60. The Bertz CT molecular complexity index is 3060. The number of fused-ring (bicyclic) bond motifs is 6. The molecule has 4 nitrogen and oxygen atoms in total. The highest BCUT2D eigenvalue weighted by molar-refractivity contribution is 7.22. The number of hydrogen-bond acceptors (Lipinski definition) is 4. The van der Waals surface area contributed by atoms with Crippen LogP contribution in [0.15, 0.2) is 207 Å². The van der Waals surface area contributed by atoms with Gasteiger partial charge in [-0.15, -0.1) is 0 Å². The van der Waals surface area contributed by atoms with Gasteiger partial charge in [0.25, 0.3) is 0 Å². The van der Waals surface area contributed by atoms with Gasteiger partial charge in [-0.1, -0.05) is 140 Å². The van der Waals surface area contributed by atoms with Crippen molar-refractivity contribution < 1.29 is 0 Å². The molecule has 0 spiro atoms. The minimum atomic E-state index is -2.52. The Hall–Kier alpha value is -7.34. The Morgan fingerprint density at radius 3 is 1.56 bits per heavy atom. The molecule has 5 heterocycles. The van der Waals surface area contributed by atoms with E-state index in [-0.39, 0.29) is 0 Å². The fourth-order valence-corrected chi connectivity index (χ4v) is 14.1. The summed E-state index contributed by atoms with van der Waals surface area (Å²) in [7, 11) is -2.52. The summed E-state index contributed by atoms with van der Waals surface area (Å²) in [6, 6.07) is 70.0. The first kappa shape index (κ1) is 33.0. The first-order valence-electron chi connectivity index (χ1n) is 19.3. The van der Waals surface area contributed by atoms with Crippen LogP contribution >= 0.6 is 0 Å². The highest BCUT2D eigenvalue weighted by atomic mass is 28.3. The Labute approximate surface area is 331 Å². The first-order chi connectivity index (χ1) is 28.3. The summed E-state index contributed by atoms with van der Waals surface area (Å²) in [6.45, 7) is 0. The van der Waals surface area contributed by atoms with E-state index in [0.717, 1.165) is 55.7 Å². The molecular formula is C52H34N4Si. The van der Waals surface area contributed by atoms with Crippen LogP contribution in [0, 0.1) is 0 Å². The maximum absolute atomic E-state index is 5.22. The molecule has 0 aliphatic carbocycles. The topological polar surface area (TPSA) is 51.6 Å². The normalized spacial score (nSPS) is 12.7. The molecule has 0 N–H and O–H groups in total. The van der Waals surface area contributed by atoms with Crippen LogP contribution in [0.4, 0.5) is 0 Å². The summed E-state index contributed by atoms with van der Waals surface area (Å²) >= 11 is 0. The van der Waals surface area contributed by atoms with Crippen molar-refractivity contribution in [2.75, 3.05) is 0 Å². The molecule has 6 aromatic carbocycles. The lowest BCUT2D eigenvalue weighted by Gasteiger charge is -2.31. The lowest BCUT2D eigenvalue weighted by atomic mass is 9.94. The summed E-state index contributed by atoms with van der Waals surface area (Å²) in [5, 5.41) is 7.78. The average molecular weight is 743 g/mol. The SMILES string of the molecule is c1ccc([Si]2(c3ccccc3)c3ccccc3-c3cc(-c4ccc(-c5cc6ccc(-c7ccccn7)nc6c6nc(-c7ccccn7)ccc56)cc4)ccc32)cc1. The van der Waals surface area contributed by atoms with Crippen molar-refractivity contribution in [3.63, 3.8) is 0 Å². The molecule has 0 saturated carbocycles. The van der Waals surface area contributed by atoms with Crippen molar-refractivity contribution in [2.24, 2.45) is 0 Å². The quantitative estimate of drug-likeness (QED) is 0.126. The Kier molecular flexibility index (Phi) is 7.79. The molecule has 0 saturated heterocycles. The van der Waals surface area contributed by atoms with Gasteiger partial charge in [0.15, 0.2) is 8.07 Å². The number of benzene rings is 6. The van der Waals surface area contributed by atoms with E-state index in [1.165, 1.54) is 43.0 Å². The molecular weight excluding hydrogens is 709 g/mol. The third-order valence-electron chi connectivity index (χ3n) is 11.5. The lowest BCUT2D eigenvalue weighted by Crippen LogP contribution is -2.72. The zero-order valence-electron chi connectivity index (χ0n) is 30.9. The summed E-state index contributed by atoms with van der Waals surface area (Å²) in [5.74, 6) is 0. The number of aromatic nitrogens is 4. The second-order valence-corrected chi connectivity index (χ2v) is 18.3. The van der Waals surface area contributed by atoms with E-state index in [1.54, 1.807) is 12.4 Å². The van der Waals surface area contributed by atoms with Gasteiger partial charge >= 0.3 is 0 Å². The van der Waals surface area contributed by atoms with E-state index in [1.807, 2.05) is 42.5 Å². The van der Waals surface area contributed by atoms with Gasteiger partial charge in [-0.3, -0.25) is 9.97 Å². The lowest BCUT2D eigenvalue weighted by molar-refractivity contribution is 1.26. The molecule has 4 aromatic heterocycles. The zero-order valence-corrected chi connectivity index (χ0v) is 31.9. The first-order valence-corrected chi connectivity index (χ1v) is 21.3. The van der Waals surface area contributed by atoms with E-state index < -0.39 is 8.07 Å². The third-order valence-corrected chi connectivity index (χ3v) is 16.4. The van der Waals surface area contributed by atoms with Crippen molar-refractivity contribution in [2.45, 2.75) is 0 Å². The fraction of sp³-hybridized carbons (Fsp3) is 0. The smallest absolute Gasteiger partial charge is 0.180 e. The van der Waals surface area contributed by atoms with Crippen molar-refractivity contribution in [1.82, 2.24) is 19.9 Å². The minimum absolute atomic E-state index is 0.812. The molecule has 266 valence electrons. The van der Waals surface area contributed by atoms with Crippen LogP contribution in [0.5, 0.6) is 0 Å². The van der Waals surface area contributed by atoms with Crippen LogP contribution in [0.25, 0.3) is 78.0 Å². The van der Waals surface area contributed by atoms with Crippen LogP contribution in [0.3, 0.4) is 0 Å². The second kappa shape index (κ2) is 13.4. The Morgan fingerprint density at radius 1 is 0.333 bits per heavy atom.